The maximum atomic E-state index is 11.9. The molecule has 1 aromatic carbocycles. The molecular weight excluding hydrogens is 267 g/mol. The number of carbonyl (C=O) groups excluding carboxylic acids is 1. The minimum atomic E-state index is -1.38. The Morgan fingerprint density at radius 2 is 2.06 bits per heavy atom. The summed E-state index contributed by atoms with van der Waals surface area (Å²) in [6.45, 7) is 0. The van der Waals surface area contributed by atoms with Gasteiger partial charge in [0.25, 0.3) is 0 Å². The lowest BCUT2D eigenvalue weighted by atomic mass is 10.3. The van der Waals surface area contributed by atoms with Crippen LogP contribution < -0.4 is 0 Å². The van der Waals surface area contributed by atoms with Crippen molar-refractivity contribution in [2.24, 2.45) is 5.92 Å². The predicted molar refractivity (Wildman–Crippen MR) is 65.5 cm³/mol. The number of carbonyl (C=O) groups is 1. The molecule has 0 spiro atoms. The Morgan fingerprint density at radius 1 is 1.38 bits per heavy atom. The van der Waals surface area contributed by atoms with E-state index < -0.39 is 10.8 Å². The van der Waals surface area contributed by atoms with E-state index in [-0.39, 0.29) is 17.5 Å². The number of ketones is 1. The van der Waals surface area contributed by atoms with Crippen molar-refractivity contribution in [2.45, 2.75) is 17.7 Å². The van der Waals surface area contributed by atoms with Crippen molar-refractivity contribution in [1.82, 2.24) is 0 Å². The fraction of sp³-hybridized carbons (Fsp3) is 0.364. The molecule has 1 aliphatic carbocycles. The van der Waals surface area contributed by atoms with Crippen LogP contribution in [-0.4, -0.2) is 15.7 Å². The van der Waals surface area contributed by atoms with Crippen LogP contribution in [0.4, 0.5) is 0 Å². The SMILES string of the molecule is O=C(CS(=O)c1cc(Cl)ccc1Cl)C1CC1. The molecule has 0 N–H and O–H groups in total. The summed E-state index contributed by atoms with van der Waals surface area (Å²) >= 11 is 11.7. The van der Waals surface area contributed by atoms with E-state index in [1.165, 1.54) is 0 Å². The van der Waals surface area contributed by atoms with Crippen LogP contribution in [0.15, 0.2) is 23.1 Å². The summed E-state index contributed by atoms with van der Waals surface area (Å²) in [6.07, 6.45) is 1.86. The maximum absolute atomic E-state index is 11.9. The summed E-state index contributed by atoms with van der Waals surface area (Å²) in [5, 5.41) is 0.873. The zero-order valence-electron chi connectivity index (χ0n) is 8.41. The molecule has 0 bridgehead atoms. The van der Waals surface area contributed by atoms with Gasteiger partial charge in [0.2, 0.25) is 0 Å². The van der Waals surface area contributed by atoms with Crippen molar-refractivity contribution in [3.05, 3.63) is 28.2 Å². The minimum Gasteiger partial charge on any atom is -0.298 e. The monoisotopic (exact) mass is 276 g/mol. The van der Waals surface area contributed by atoms with Gasteiger partial charge in [-0.25, -0.2) is 0 Å². The van der Waals surface area contributed by atoms with E-state index in [1.807, 2.05) is 0 Å². The fourth-order valence-corrected chi connectivity index (χ4v) is 3.19. The number of halogens is 2. The number of hydrogen-bond donors (Lipinski definition) is 0. The van der Waals surface area contributed by atoms with Crippen molar-refractivity contribution in [3.63, 3.8) is 0 Å². The maximum Gasteiger partial charge on any atom is 0.148 e. The van der Waals surface area contributed by atoms with E-state index in [2.05, 4.69) is 0 Å². The first-order valence-corrected chi connectivity index (χ1v) is 7.01. The van der Waals surface area contributed by atoms with E-state index in [4.69, 9.17) is 23.2 Å². The summed E-state index contributed by atoms with van der Waals surface area (Å²) in [5.74, 6) is 0.237. The highest BCUT2D eigenvalue weighted by Gasteiger charge is 2.30. The summed E-state index contributed by atoms with van der Waals surface area (Å²) in [5.41, 5.74) is 0. The highest BCUT2D eigenvalue weighted by molar-refractivity contribution is 7.86. The fourth-order valence-electron chi connectivity index (χ4n) is 1.38. The van der Waals surface area contributed by atoms with E-state index >= 15 is 0 Å². The van der Waals surface area contributed by atoms with Crippen molar-refractivity contribution >= 4 is 39.8 Å². The molecular formula is C11H10Cl2O2S. The summed E-state index contributed by atoms with van der Waals surface area (Å²) in [6, 6.07) is 4.78. The van der Waals surface area contributed by atoms with Gasteiger partial charge in [-0.3, -0.25) is 9.00 Å². The van der Waals surface area contributed by atoms with Gasteiger partial charge in [-0.2, -0.15) is 0 Å². The average Bonchev–Trinajstić information content (AvgIpc) is 3.04. The largest absolute Gasteiger partial charge is 0.298 e. The van der Waals surface area contributed by atoms with Crippen LogP contribution in [0.5, 0.6) is 0 Å². The van der Waals surface area contributed by atoms with Crippen LogP contribution in [0, 0.1) is 5.92 Å². The average molecular weight is 277 g/mol. The van der Waals surface area contributed by atoms with Crippen LogP contribution in [0.25, 0.3) is 0 Å². The Bertz CT molecular complexity index is 455. The Kier molecular flexibility index (Phi) is 3.67. The topological polar surface area (TPSA) is 34.1 Å². The van der Waals surface area contributed by atoms with Gasteiger partial charge in [0, 0.05) is 10.9 Å². The normalized spacial score (nSPS) is 17.1. The lowest BCUT2D eigenvalue weighted by Gasteiger charge is -2.04. The minimum absolute atomic E-state index is 0.0464. The summed E-state index contributed by atoms with van der Waals surface area (Å²) < 4.78 is 11.9. The van der Waals surface area contributed by atoms with Crippen LogP contribution in [-0.2, 0) is 15.6 Å². The number of benzene rings is 1. The molecule has 1 fully saturated rings. The van der Waals surface area contributed by atoms with Crippen LogP contribution in [0.2, 0.25) is 10.0 Å². The van der Waals surface area contributed by atoms with Crippen molar-refractivity contribution in [2.75, 3.05) is 5.75 Å². The molecule has 1 aromatic rings. The summed E-state index contributed by atoms with van der Waals surface area (Å²) in [7, 11) is -1.38. The molecule has 1 aliphatic rings. The number of rotatable bonds is 4. The van der Waals surface area contributed by atoms with Gasteiger partial charge in [0.15, 0.2) is 0 Å². The lowest BCUT2D eigenvalue weighted by Crippen LogP contribution is -2.12. The van der Waals surface area contributed by atoms with Crippen molar-refractivity contribution in [1.29, 1.82) is 0 Å². The molecule has 0 radical (unpaired) electrons. The molecule has 1 saturated carbocycles. The molecule has 0 saturated heterocycles. The smallest absolute Gasteiger partial charge is 0.148 e. The Labute approximate surface area is 106 Å². The molecule has 0 aromatic heterocycles. The number of hydrogen-bond acceptors (Lipinski definition) is 2. The first kappa shape index (κ1) is 12.1. The Hall–Kier alpha value is -0.380. The van der Waals surface area contributed by atoms with E-state index in [1.54, 1.807) is 18.2 Å². The second-order valence-corrected chi connectivity index (χ2v) is 6.07. The van der Waals surface area contributed by atoms with Crippen LogP contribution in [0.3, 0.4) is 0 Å². The quantitative estimate of drug-likeness (QED) is 0.847. The molecule has 5 heteroatoms. The van der Waals surface area contributed by atoms with Crippen LogP contribution in [0.1, 0.15) is 12.8 Å². The standard InChI is InChI=1S/C11H10Cl2O2S/c12-8-3-4-9(13)11(5-8)16(15)6-10(14)7-1-2-7/h3-5,7H,1-2,6H2. The Morgan fingerprint density at radius 3 is 2.69 bits per heavy atom. The molecule has 16 heavy (non-hydrogen) atoms. The molecule has 2 nitrogen and oxygen atoms in total. The van der Waals surface area contributed by atoms with E-state index in [9.17, 15) is 9.00 Å². The van der Waals surface area contributed by atoms with Gasteiger partial charge in [0.05, 0.1) is 26.5 Å². The van der Waals surface area contributed by atoms with Gasteiger partial charge < -0.3 is 0 Å². The van der Waals surface area contributed by atoms with E-state index in [0.717, 1.165) is 12.8 Å². The van der Waals surface area contributed by atoms with Gasteiger partial charge in [0.1, 0.15) is 5.78 Å². The zero-order chi connectivity index (χ0) is 11.7. The molecule has 0 amide bonds. The second kappa shape index (κ2) is 4.86. The number of Topliss-reactive ketones (excluding diaryl/α,β-unsaturated/α-hetero) is 1. The predicted octanol–water partition coefficient (Wildman–Crippen LogP) is 3.08. The first-order valence-electron chi connectivity index (χ1n) is 4.94. The third kappa shape index (κ3) is 2.84. The highest BCUT2D eigenvalue weighted by Crippen LogP contribution is 2.31. The van der Waals surface area contributed by atoms with Crippen molar-refractivity contribution in [3.8, 4) is 0 Å². The Balaban J connectivity index is 2.13. The molecule has 1 unspecified atom stereocenters. The lowest BCUT2D eigenvalue weighted by molar-refractivity contribution is -0.117. The molecule has 1 atom stereocenters. The van der Waals surface area contributed by atoms with Crippen LogP contribution >= 0.6 is 23.2 Å². The molecule has 86 valence electrons. The van der Waals surface area contributed by atoms with E-state index in [0.29, 0.717) is 14.9 Å². The highest BCUT2D eigenvalue weighted by atomic mass is 35.5. The molecule has 0 heterocycles. The molecule has 0 aliphatic heterocycles. The van der Waals surface area contributed by atoms with Crippen molar-refractivity contribution < 1.29 is 9.00 Å². The zero-order valence-corrected chi connectivity index (χ0v) is 10.7. The van der Waals surface area contributed by atoms with Gasteiger partial charge >= 0.3 is 0 Å². The van der Waals surface area contributed by atoms with Gasteiger partial charge in [-0.1, -0.05) is 23.2 Å². The third-order valence-electron chi connectivity index (χ3n) is 2.44. The third-order valence-corrected chi connectivity index (χ3v) is 4.50. The summed E-state index contributed by atoms with van der Waals surface area (Å²) in [4.78, 5) is 12.0. The van der Waals surface area contributed by atoms with Gasteiger partial charge in [-0.05, 0) is 31.0 Å². The first-order chi connectivity index (χ1) is 7.58. The molecule has 2 rings (SSSR count). The second-order valence-electron chi connectivity index (χ2n) is 3.81. The van der Waals surface area contributed by atoms with Gasteiger partial charge in [-0.15, -0.1) is 0 Å².